The molecule has 0 heterocycles. The van der Waals surface area contributed by atoms with Gasteiger partial charge < -0.3 is 5.11 Å². The molecule has 0 fully saturated rings. The molecule has 0 aliphatic heterocycles. The van der Waals surface area contributed by atoms with Gasteiger partial charge in [-0.3, -0.25) is 4.79 Å². The molecule has 2 N–H and O–H groups in total. The summed E-state index contributed by atoms with van der Waals surface area (Å²) < 4.78 is 38.1. The van der Waals surface area contributed by atoms with E-state index in [1.54, 1.807) is 6.07 Å². The third-order valence-electron chi connectivity index (χ3n) is 2.04. The van der Waals surface area contributed by atoms with Crippen LogP contribution < -0.4 is 4.72 Å². The lowest BCUT2D eigenvalue weighted by Crippen LogP contribution is -2.32. The van der Waals surface area contributed by atoms with Crippen LogP contribution in [0.25, 0.3) is 0 Å². The van der Waals surface area contributed by atoms with Gasteiger partial charge in [0.15, 0.2) is 5.75 Å². The highest BCUT2D eigenvalue weighted by molar-refractivity contribution is 7.90. The van der Waals surface area contributed by atoms with Crippen LogP contribution in [-0.2, 0) is 14.8 Å². The number of benzene rings is 1. The molecule has 7 heteroatoms. The summed E-state index contributed by atoms with van der Waals surface area (Å²) in [7, 11) is -3.96. The predicted molar refractivity (Wildman–Crippen MR) is 59.4 cm³/mol. The van der Waals surface area contributed by atoms with Gasteiger partial charge in [0, 0.05) is 11.6 Å². The highest BCUT2D eigenvalue weighted by atomic mass is 32.2. The fourth-order valence-corrected chi connectivity index (χ4v) is 2.44. The van der Waals surface area contributed by atoms with E-state index in [1.165, 1.54) is 25.1 Å². The molecule has 1 aromatic rings. The van der Waals surface area contributed by atoms with Crippen molar-refractivity contribution in [3.63, 3.8) is 0 Å². The fourth-order valence-electron chi connectivity index (χ4n) is 1.36. The van der Waals surface area contributed by atoms with Crippen molar-refractivity contribution in [3.8, 4) is 0 Å². The first-order chi connectivity index (χ1) is 7.82. The van der Waals surface area contributed by atoms with Crippen molar-refractivity contribution in [2.45, 2.75) is 13.0 Å². The van der Waals surface area contributed by atoms with Crippen LogP contribution in [0.1, 0.15) is 18.5 Å². The second kappa shape index (κ2) is 5.24. The molecular weight excluding hydrogens is 249 g/mol. The summed E-state index contributed by atoms with van der Waals surface area (Å²) in [4.78, 5) is 10.3. The SMILES string of the molecule is C[C@@H](NS(=O)(=O)CC(=O)O)c1ccccc1F. The van der Waals surface area contributed by atoms with Gasteiger partial charge in [-0.25, -0.2) is 17.5 Å². The van der Waals surface area contributed by atoms with E-state index in [4.69, 9.17) is 5.11 Å². The van der Waals surface area contributed by atoms with E-state index in [0.717, 1.165) is 0 Å². The number of carbonyl (C=O) groups is 1. The average Bonchev–Trinajstić information content (AvgIpc) is 2.14. The smallest absolute Gasteiger partial charge is 0.320 e. The highest BCUT2D eigenvalue weighted by Crippen LogP contribution is 2.16. The Labute approximate surface area is 98.3 Å². The third kappa shape index (κ3) is 4.12. The second-order valence-electron chi connectivity index (χ2n) is 3.51. The molecule has 1 atom stereocenters. The Morgan fingerprint density at radius 2 is 2.06 bits per heavy atom. The first-order valence-electron chi connectivity index (χ1n) is 4.78. The Kier molecular flexibility index (Phi) is 4.19. The molecule has 0 aliphatic rings. The molecule has 0 unspecified atom stereocenters. The van der Waals surface area contributed by atoms with Gasteiger partial charge in [-0.15, -0.1) is 0 Å². The number of sulfonamides is 1. The van der Waals surface area contributed by atoms with Crippen molar-refractivity contribution >= 4 is 16.0 Å². The molecule has 0 saturated heterocycles. The van der Waals surface area contributed by atoms with E-state index in [9.17, 15) is 17.6 Å². The van der Waals surface area contributed by atoms with E-state index in [1.807, 2.05) is 0 Å². The fraction of sp³-hybridized carbons (Fsp3) is 0.300. The molecule has 5 nitrogen and oxygen atoms in total. The van der Waals surface area contributed by atoms with Gasteiger partial charge in [-0.1, -0.05) is 18.2 Å². The number of aliphatic carboxylic acids is 1. The quantitative estimate of drug-likeness (QED) is 0.824. The van der Waals surface area contributed by atoms with Crippen LogP contribution in [0.4, 0.5) is 4.39 Å². The number of hydrogen-bond acceptors (Lipinski definition) is 3. The Bertz CT molecular complexity index is 515. The van der Waals surface area contributed by atoms with Crippen LogP contribution in [0.2, 0.25) is 0 Å². The minimum absolute atomic E-state index is 0.168. The van der Waals surface area contributed by atoms with E-state index >= 15 is 0 Å². The van der Waals surface area contributed by atoms with Gasteiger partial charge >= 0.3 is 5.97 Å². The lowest BCUT2D eigenvalue weighted by molar-refractivity contribution is -0.134. The summed E-state index contributed by atoms with van der Waals surface area (Å²) in [6.45, 7) is 1.44. The van der Waals surface area contributed by atoms with Crippen LogP contribution in [0.3, 0.4) is 0 Å². The number of nitrogens with one attached hydrogen (secondary N) is 1. The standard InChI is InChI=1S/C10H12FNO4S/c1-7(8-4-2-3-5-9(8)11)12-17(15,16)6-10(13)14/h2-5,7,12H,6H2,1H3,(H,13,14)/t7-/m1/s1. The van der Waals surface area contributed by atoms with Crippen molar-refractivity contribution in [2.75, 3.05) is 5.75 Å². The molecule has 0 amide bonds. The van der Waals surface area contributed by atoms with E-state index in [-0.39, 0.29) is 5.56 Å². The minimum Gasteiger partial charge on any atom is -0.480 e. The Morgan fingerprint density at radius 1 is 1.47 bits per heavy atom. The number of rotatable bonds is 5. The van der Waals surface area contributed by atoms with E-state index in [0.29, 0.717) is 0 Å². The van der Waals surface area contributed by atoms with Crippen LogP contribution >= 0.6 is 0 Å². The molecule has 0 aromatic heterocycles. The maximum absolute atomic E-state index is 13.3. The van der Waals surface area contributed by atoms with Gasteiger partial charge in [0.25, 0.3) is 0 Å². The summed E-state index contributed by atoms with van der Waals surface area (Å²) in [6, 6.07) is 4.87. The Hall–Kier alpha value is -1.47. The lowest BCUT2D eigenvalue weighted by Gasteiger charge is -2.14. The first kappa shape index (κ1) is 13.6. The van der Waals surface area contributed by atoms with Gasteiger partial charge in [0.2, 0.25) is 10.0 Å². The molecule has 17 heavy (non-hydrogen) atoms. The van der Waals surface area contributed by atoms with Crippen LogP contribution in [-0.4, -0.2) is 25.2 Å². The summed E-state index contributed by atoms with van der Waals surface area (Å²) in [5.41, 5.74) is 0.168. The van der Waals surface area contributed by atoms with Crippen LogP contribution in [0.5, 0.6) is 0 Å². The highest BCUT2D eigenvalue weighted by Gasteiger charge is 2.20. The molecular formula is C10H12FNO4S. The molecule has 0 bridgehead atoms. The minimum atomic E-state index is -3.96. The van der Waals surface area contributed by atoms with E-state index in [2.05, 4.69) is 4.72 Å². The first-order valence-corrected chi connectivity index (χ1v) is 6.43. The largest absolute Gasteiger partial charge is 0.480 e. The Morgan fingerprint density at radius 3 is 2.59 bits per heavy atom. The average molecular weight is 261 g/mol. The van der Waals surface area contributed by atoms with E-state index < -0.39 is 33.6 Å². The zero-order valence-electron chi connectivity index (χ0n) is 9.05. The zero-order chi connectivity index (χ0) is 13.1. The second-order valence-corrected chi connectivity index (χ2v) is 5.27. The number of carboxylic acid groups (broad SMARTS) is 1. The van der Waals surface area contributed by atoms with Crippen LogP contribution in [0.15, 0.2) is 24.3 Å². The summed E-state index contributed by atoms with van der Waals surface area (Å²) in [5.74, 6) is -3.04. The topological polar surface area (TPSA) is 83.5 Å². The van der Waals surface area contributed by atoms with Gasteiger partial charge in [-0.2, -0.15) is 0 Å². The van der Waals surface area contributed by atoms with Gasteiger partial charge in [0.05, 0.1) is 0 Å². The molecule has 0 spiro atoms. The normalized spacial score (nSPS) is 13.3. The predicted octanol–water partition coefficient (Wildman–Crippen LogP) is 0.891. The molecule has 94 valence electrons. The van der Waals surface area contributed by atoms with Crippen molar-refractivity contribution in [1.29, 1.82) is 0 Å². The molecule has 0 saturated carbocycles. The molecule has 1 rings (SSSR count). The van der Waals surface area contributed by atoms with Gasteiger partial charge in [0.1, 0.15) is 5.82 Å². The maximum atomic E-state index is 13.3. The van der Waals surface area contributed by atoms with Crippen molar-refractivity contribution < 1.29 is 22.7 Å². The number of halogens is 1. The van der Waals surface area contributed by atoms with Crippen LogP contribution in [0, 0.1) is 5.82 Å². The monoisotopic (exact) mass is 261 g/mol. The summed E-state index contributed by atoms with van der Waals surface area (Å²) in [6.07, 6.45) is 0. The van der Waals surface area contributed by atoms with Crippen molar-refractivity contribution in [2.24, 2.45) is 0 Å². The third-order valence-corrected chi connectivity index (χ3v) is 3.38. The van der Waals surface area contributed by atoms with Crippen molar-refractivity contribution in [1.82, 2.24) is 4.72 Å². The number of hydrogen-bond donors (Lipinski definition) is 2. The van der Waals surface area contributed by atoms with Gasteiger partial charge in [-0.05, 0) is 13.0 Å². The lowest BCUT2D eigenvalue weighted by atomic mass is 10.1. The number of carboxylic acids is 1. The maximum Gasteiger partial charge on any atom is 0.320 e. The molecule has 0 aliphatic carbocycles. The summed E-state index contributed by atoms with van der Waals surface area (Å²) in [5, 5.41) is 8.39. The van der Waals surface area contributed by atoms with Crippen molar-refractivity contribution in [3.05, 3.63) is 35.6 Å². The molecule has 1 aromatic carbocycles. The Balaban J connectivity index is 2.83. The zero-order valence-corrected chi connectivity index (χ0v) is 9.87. The summed E-state index contributed by atoms with van der Waals surface area (Å²) >= 11 is 0. The molecule has 0 radical (unpaired) electrons.